The summed E-state index contributed by atoms with van der Waals surface area (Å²) in [6, 6.07) is 6.21. The number of carbonyl (C=O) groups is 1. The van der Waals surface area contributed by atoms with Gasteiger partial charge < -0.3 is 20.3 Å². The molecule has 1 aromatic rings. The quantitative estimate of drug-likeness (QED) is 0.518. The highest BCUT2D eigenvalue weighted by Gasteiger charge is 2.22. The zero-order chi connectivity index (χ0) is 19.3. The third kappa shape index (κ3) is 5.27. The number of aliphatic hydroxyl groups is 1. The van der Waals surface area contributed by atoms with E-state index >= 15 is 0 Å². The van der Waals surface area contributed by atoms with Gasteiger partial charge in [0.2, 0.25) is 5.91 Å². The highest BCUT2D eigenvalue weighted by atomic mass is 79.9. The van der Waals surface area contributed by atoms with Gasteiger partial charge in [-0.3, -0.25) is 4.79 Å². The lowest BCUT2D eigenvalue weighted by molar-refractivity contribution is -0.128. The van der Waals surface area contributed by atoms with Gasteiger partial charge in [-0.1, -0.05) is 22.0 Å². The Morgan fingerprint density at radius 3 is 2.46 bits per heavy atom. The van der Waals surface area contributed by atoms with Crippen LogP contribution in [-0.2, 0) is 4.79 Å². The van der Waals surface area contributed by atoms with Gasteiger partial charge in [0.15, 0.2) is 0 Å². The SMILES string of the molecule is CC(=N)/C(CSCC(=O)N1CCN(c2cccc(Br)c2C)CC1)=C(/C)O. The van der Waals surface area contributed by atoms with Crippen LogP contribution in [0.4, 0.5) is 5.69 Å². The summed E-state index contributed by atoms with van der Waals surface area (Å²) in [5.74, 6) is 1.15. The molecule has 0 unspecified atom stereocenters. The lowest BCUT2D eigenvalue weighted by atomic mass is 10.1. The van der Waals surface area contributed by atoms with E-state index in [4.69, 9.17) is 5.41 Å². The van der Waals surface area contributed by atoms with Crippen LogP contribution in [-0.4, -0.2) is 59.3 Å². The number of thioether (sulfide) groups is 1. The fourth-order valence-corrected chi connectivity index (χ4v) is 4.40. The van der Waals surface area contributed by atoms with Crippen LogP contribution in [0.5, 0.6) is 0 Å². The predicted molar refractivity (Wildman–Crippen MR) is 114 cm³/mol. The zero-order valence-electron chi connectivity index (χ0n) is 15.5. The van der Waals surface area contributed by atoms with E-state index in [9.17, 15) is 9.90 Å². The van der Waals surface area contributed by atoms with Crippen molar-refractivity contribution in [2.75, 3.05) is 42.6 Å². The molecule has 26 heavy (non-hydrogen) atoms. The Bertz CT molecular complexity index is 709. The number of benzene rings is 1. The van der Waals surface area contributed by atoms with Crippen molar-refractivity contribution in [1.82, 2.24) is 4.90 Å². The molecule has 0 aromatic heterocycles. The summed E-state index contributed by atoms with van der Waals surface area (Å²) < 4.78 is 1.11. The molecule has 0 radical (unpaired) electrons. The molecule has 2 N–H and O–H groups in total. The first-order chi connectivity index (χ1) is 12.3. The first kappa shape index (κ1) is 20.8. The molecule has 0 bridgehead atoms. The molecule has 1 amide bonds. The van der Waals surface area contributed by atoms with Crippen molar-refractivity contribution in [3.63, 3.8) is 0 Å². The van der Waals surface area contributed by atoms with E-state index < -0.39 is 0 Å². The number of nitrogens with one attached hydrogen (secondary N) is 1. The van der Waals surface area contributed by atoms with Crippen LogP contribution in [0.25, 0.3) is 0 Å². The fraction of sp³-hybridized carbons (Fsp3) is 0.474. The molecule has 2 rings (SSSR count). The standard InChI is InChI=1S/C19H26BrN3O2S/c1-13-17(20)5-4-6-18(13)22-7-9-23(10-8-22)19(25)12-26-11-16(14(2)21)15(3)24/h4-6,21,24H,7-12H2,1-3H3/b16-15-,21-14?. The molecule has 5 nitrogen and oxygen atoms in total. The van der Waals surface area contributed by atoms with Gasteiger partial charge in [0.25, 0.3) is 0 Å². The summed E-state index contributed by atoms with van der Waals surface area (Å²) in [6.45, 7) is 8.43. The number of halogens is 1. The molecule has 1 saturated heterocycles. The summed E-state index contributed by atoms with van der Waals surface area (Å²) in [4.78, 5) is 16.7. The minimum atomic E-state index is 0.123. The predicted octanol–water partition coefficient (Wildman–Crippen LogP) is 4.01. The van der Waals surface area contributed by atoms with Gasteiger partial charge in [0, 0.05) is 53.4 Å². The number of rotatable bonds is 6. The molecule has 0 aliphatic carbocycles. The van der Waals surface area contributed by atoms with Crippen molar-refractivity contribution in [2.45, 2.75) is 20.8 Å². The van der Waals surface area contributed by atoms with Gasteiger partial charge in [-0.25, -0.2) is 0 Å². The number of hydrogen-bond donors (Lipinski definition) is 2. The Hall–Kier alpha value is -1.47. The first-order valence-corrected chi connectivity index (χ1v) is 10.6. The van der Waals surface area contributed by atoms with Crippen LogP contribution >= 0.6 is 27.7 Å². The Morgan fingerprint density at radius 2 is 1.88 bits per heavy atom. The summed E-state index contributed by atoms with van der Waals surface area (Å²) in [6.07, 6.45) is 0. The minimum Gasteiger partial charge on any atom is -0.512 e. The van der Waals surface area contributed by atoms with E-state index in [2.05, 4.69) is 33.8 Å². The summed E-state index contributed by atoms with van der Waals surface area (Å²) in [5, 5.41) is 17.3. The third-order valence-electron chi connectivity index (χ3n) is 4.57. The molecule has 0 saturated carbocycles. The number of amides is 1. The van der Waals surface area contributed by atoms with E-state index in [1.165, 1.54) is 23.0 Å². The van der Waals surface area contributed by atoms with Crippen LogP contribution in [0.15, 0.2) is 34.0 Å². The van der Waals surface area contributed by atoms with Gasteiger partial charge in [-0.2, -0.15) is 0 Å². The van der Waals surface area contributed by atoms with Crippen molar-refractivity contribution in [3.8, 4) is 0 Å². The second-order valence-electron chi connectivity index (χ2n) is 6.43. The normalized spacial score (nSPS) is 15.7. The topological polar surface area (TPSA) is 67.6 Å². The highest BCUT2D eigenvalue weighted by Crippen LogP contribution is 2.27. The maximum atomic E-state index is 12.4. The maximum absolute atomic E-state index is 12.4. The highest BCUT2D eigenvalue weighted by molar-refractivity contribution is 9.10. The zero-order valence-corrected chi connectivity index (χ0v) is 17.9. The Balaban J connectivity index is 1.84. The maximum Gasteiger partial charge on any atom is 0.232 e. The average molecular weight is 440 g/mol. The van der Waals surface area contributed by atoms with Crippen LogP contribution in [0.2, 0.25) is 0 Å². The van der Waals surface area contributed by atoms with E-state index in [0.717, 1.165) is 30.7 Å². The molecule has 1 aliphatic heterocycles. The number of piperazine rings is 1. The number of aliphatic hydroxyl groups excluding tert-OH is 1. The van der Waals surface area contributed by atoms with Gasteiger partial charge in [0.05, 0.1) is 11.5 Å². The first-order valence-electron chi connectivity index (χ1n) is 8.61. The van der Waals surface area contributed by atoms with E-state index in [-0.39, 0.29) is 11.7 Å². The van der Waals surface area contributed by atoms with Gasteiger partial charge in [-0.15, -0.1) is 11.8 Å². The number of hydrogen-bond acceptors (Lipinski definition) is 5. The van der Waals surface area contributed by atoms with Gasteiger partial charge in [-0.05, 0) is 38.5 Å². The third-order valence-corrected chi connectivity index (χ3v) is 6.38. The molecular formula is C19H26BrN3O2S. The van der Waals surface area contributed by atoms with E-state index in [0.29, 0.717) is 22.8 Å². The molecule has 0 atom stereocenters. The van der Waals surface area contributed by atoms with Crippen molar-refractivity contribution in [1.29, 1.82) is 5.41 Å². The molecular weight excluding hydrogens is 414 g/mol. The molecule has 1 heterocycles. The second-order valence-corrected chi connectivity index (χ2v) is 8.27. The molecule has 7 heteroatoms. The summed E-state index contributed by atoms with van der Waals surface area (Å²) in [7, 11) is 0. The second kappa shape index (κ2) is 9.46. The largest absolute Gasteiger partial charge is 0.512 e. The van der Waals surface area contributed by atoms with Crippen LogP contribution in [0.1, 0.15) is 19.4 Å². The van der Waals surface area contributed by atoms with Crippen LogP contribution in [0, 0.1) is 12.3 Å². The molecule has 1 aromatic carbocycles. The van der Waals surface area contributed by atoms with E-state index in [1.807, 2.05) is 17.0 Å². The number of nitrogens with zero attached hydrogens (tertiary/aromatic N) is 2. The lowest BCUT2D eigenvalue weighted by Gasteiger charge is -2.37. The average Bonchev–Trinajstić information content (AvgIpc) is 2.60. The Labute approximate surface area is 168 Å². The van der Waals surface area contributed by atoms with Crippen LogP contribution in [0.3, 0.4) is 0 Å². The van der Waals surface area contributed by atoms with Gasteiger partial charge >= 0.3 is 0 Å². The number of allylic oxidation sites excluding steroid dienone is 1. The molecule has 1 aliphatic rings. The Kier molecular flexibility index (Phi) is 7.58. The lowest BCUT2D eigenvalue weighted by Crippen LogP contribution is -2.49. The number of carbonyl (C=O) groups excluding carboxylic acids is 1. The van der Waals surface area contributed by atoms with Crippen molar-refractivity contribution < 1.29 is 9.90 Å². The van der Waals surface area contributed by atoms with Crippen LogP contribution < -0.4 is 4.90 Å². The Morgan fingerprint density at radius 1 is 1.23 bits per heavy atom. The van der Waals surface area contributed by atoms with Crippen molar-refractivity contribution in [3.05, 3.63) is 39.6 Å². The molecule has 0 spiro atoms. The van der Waals surface area contributed by atoms with E-state index in [1.54, 1.807) is 13.8 Å². The summed E-state index contributed by atoms with van der Waals surface area (Å²) in [5.41, 5.74) is 3.40. The van der Waals surface area contributed by atoms with Gasteiger partial charge in [0.1, 0.15) is 0 Å². The number of anilines is 1. The summed E-state index contributed by atoms with van der Waals surface area (Å²) >= 11 is 5.03. The molecule has 142 valence electrons. The minimum absolute atomic E-state index is 0.123. The van der Waals surface area contributed by atoms with Crippen molar-refractivity contribution in [2.24, 2.45) is 0 Å². The van der Waals surface area contributed by atoms with Crippen molar-refractivity contribution >= 4 is 45.0 Å². The molecule has 1 fully saturated rings. The fourth-order valence-electron chi connectivity index (χ4n) is 2.95. The monoisotopic (exact) mass is 439 g/mol. The smallest absolute Gasteiger partial charge is 0.232 e.